The fraction of sp³-hybridized carbons (Fsp3) is 0.706. The zero-order valence-corrected chi connectivity index (χ0v) is 13.6. The highest BCUT2D eigenvalue weighted by molar-refractivity contribution is 5.77. The highest BCUT2D eigenvalue weighted by atomic mass is 16.5. The highest BCUT2D eigenvalue weighted by Crippen LogP contribution is 2.38. The van der Waals surface area contributed by atoms with E-state index < -0.39 is 0 Å². The van der Waals surface area contributed by atoms with E-state index in [1.54, 1.807) is 0 Å². The molecule has 3 heterocycles. The molecule has 0 bridgehead atoms. The van der Waals surface area contributed by atoms with Gasteiger partial charge in [0.15, 0.2) is 0 Å². The predicted molar refractivity (Wildman–Crippen MR) is 86.0 cm³/mol. The molecular weight excluding hydrogens is 292 g/mol. The van der Waals surface area contributed by atoms with Gasteiger partial charge in [-0.3, -0.25) is 4.79 Å². The van der Waals surface area contributed by atoms with Crippen molar-refractivity contribution < 1.29 is 9.53 Å². The van der Waals surface area contributed by atoms with E-state index in [-0.39, 0.29) is 11.6 Å². The Morgan fingerprint density at radius 1 is 1.43 bits per heavy atom. The smallest absolute Gasteiger partial charge is 0.222 e. The van der Waals surface area contributed by atoms with Gasteiger partial charge in [0.2, 0.25) is 5.91 Å². The van der Waals surface area contributed by atoms with Gasteiger partial charge in [-0.05, 0) is 44.2 Å². The number of amides is 1. The number of likely N-dealkylation sites (tertiary alicyclic amines) is 1. The van der Waals surface area contributed by atoms with Crippen LogP contribution in [-0.2, 0) is 9.53 Å². The van der Waals surface area contributed by atoms with Crippen LogP contribution in [0.4, 0.5) is 5.82 Å². The Hall–Kier alpha value is -1.69. The molecule has 23 heavy (non-hydrogen) atoms. The summed E-state index contributed by atoms with van der Waals surface area (Å²) in [6, 6.07) is 4.15. The Morgan fingerprint density at radius 3 is 3.04 bits per heavy atom. The molecule has 1 spiro atoms. The summed E-state index contributed by atoms with van der Waals surface area (Å²) in [5.74, 6) is 1.76. The zero-order chi connectivity index (χ0) is 15.9. The largest absolute Gasteiger partial charge is 0.371 e. The van der Waals surface area contributed by atoms with Gasteiger partial charge >= 0.3 is 0 Å². The second kappa shape index (κ2) is 5.74. The fourth-order valence-corrected chi connectivity index (χ4v) is 3.66. The van der Waals surface area contributed by atoms with Crippen molar-refractivity contribution in [2.75, 3.05) is 25.0 Å². The number of hydrogen-bond donors (Lipinski definition) is 1. The lowest BCUT2D eigenvalue weighted by atomic mass is 9.97. The predicted octanol–water partition coefficient (Wildman–Crippen LogP) is 1.76. The van der Waals surface area contributed by atoms with Gasteiger partial charge in [0.05, 0.1) is 23.9 Å². The minimum absolute atomic E-state index is 0.158. The second-order valence-corrected chi connectivity index (χ2v) is 7.31. The molecule has 0 aromatic carbocycles. The van der Waals surface area contributed by atoms with E-state index >= 15 is 0 Å². The number of aromatic nitrogens is 2. The number of rotatable bonds is 4. The summed E-state index contributed by atoms with van der Waals surface area (Å²) in [4.78, 5) is 14.3. The molecule has 1 N–H and O–H groups in total. The van der Waals surface area contributed by atoms with Gasteiger partial charge in [-0.2, -0.15) is 5.10 Å². The molecule has 1 aromatic rings. The van der Waals surface area contributed by atoms with Gasteiger partial charge in [0.1, 0.15) is 5.82 Å². The molecule has 0 unspecified atom stereocenters. The van der Waals surface area contributed by atoms with Crippen LogP contribution in [0.1, 0.15) is 37.8 Å². The topological polar surface area (TPSA) is 67.3 Å². The maximum absolute atomic E-state index is 12.3. The number of hydrogen-bond acceptors (Lipinski definition) is 5. The highest BCUT2D eigenvalue weighted by Gasteiger charge is 2.47. The van der Waals surface area contributed by atoms with Gasteiger partial charge in [-0.25, -0.2) is 0 Å². The maximum atomic E-state index is 12.3. The number of ether oxygens (including phenoxy) is 1. The maximum Gasteiger partial charge on any atom is 0.222 e. The normalized spacial score (nSPS) is 30.1. The lowest BCUT2D eigenvalue weighted by Crippen LogP contribution is -2.36. The summed E-state index contributed by atoms with van der Waals surface area (Å²) in [5, 5.41) is 11.6. The van der Waals surface area contributed by atoms with E-state index in [2.05, 4.69) is 15.5 Å². The molecule has 2 saturated heterocycles. The molecule has 3 aliphatic rings. The zero-order valence-electron chi connectivity index (χ0n) is 13.6. The molecule has 1 aliphatic carbocycles. The minimum atomic E-state index is -0.158. The van der Waals surface area contributed by atoms with Crippen LogP contribution in [0.15, 0.2) is 12.1 Å². The quantitative estimate of drug-likeness (QED) is 0.917. The Labute approximate surface area is 136 Å². The van der Waals surface area contributed by atoms with Crippen LogP contribution in [0.3, 0.4) is 0 Å². The second-order valence-electron chi connectivity index (χ2n) is 7.31. The molecule has 3 fully saturated rings. The van der Waals surface area contributed by atoms with Crippen LogP contribution in [0.5, 0.6) is 0 Å². The third-order valence-corrected chi connectivity index (χ3v) is 5.19. The van der Waals surface area contributed by atoms with E-state index in [1.165, 1.54) is 12.8 Å². The van der Waals surface area contributed by atoms with Crippen molar-refractivity contribution in [3.63, 3.8) is 0 Å². The average Bonchev–Trinajstić information content (AvgIpc) is 3.12. The standard InChI is InChI=1S/C17H24N4O2/c1-12-2-5-15(20-19-12)18-14-9-17(23-10-14)6-7-21(11-17)16(22)8-13-3-4-13/h2,5,13-14H,3-4,6-11H2,1H3,(H,18,20)/t14-,17-/m0/s1. The fourth-order valence-electron chi connectivity index (χ4n) is 3.66. The van der Waals surface area contributed by atoms with Crippen molar-refractivity contribution in [2.45, 2.75) is 50.7 Å². The number of nitrogens with one attached hydrogen (secondary N) is 1. The first kappa shape index (κ1) is 14.9. The lowest BCUT2D eigenvalue weighted by molar-refractivity contribution is -0.131. The van der Waals surface area contributed by atoms with Gasteiger partial charge < -0.3 is 15.0 Å². The number of nitrogens with zero attached hydrogens (tertiary/aromatic N) is 3. The van der Waals surface area contributed by atoms with Gasteiger partial charge in [0.25, 0.3) is 0 Å². The van der Waals surface area contributed by atoms with Crippen molar-refractivity contribution in [2.24, 2.45) is 5.92 Å². The first-order valence-corrected chi connectivity index (χ1v) is 8.61. The lowest BCUT2D eigenvalue weighted by Gasteiger charge is -2.23. The van der Waals surface area contributed by atoms with Crippen molar-refractivity contribution in [3.05, 3.63) is 17.8 Å². The summed E-state index contributed by atoms with van der Waals surface area (Å²) in [7, 11) is 0. The first-order valence-electron chi connectivity index (χ1n) is 8.61. The summed E-state index contributed by atoms with van der Waals surface area (Å²) < 4.78 is 6.11. The SMILES string of the molecule is Cc1ccc(N[C@@H]2CO[C@@]3(CCN(C(=O)CC4CC4)C3)C2)nn1. The van der Waals surface area contributed by atoms with Crippen molar-refractivity contribution in [1.82, 2.24) is 15.1 Å². The third kappa shape index (κ3) is 3.32. The van der Waals surface area contributed by atoms with E-state index in [0.717, 1.165) is 43.9 Å². The molecule has 1 amide bonds. The van der Waals surface area contributed by atoms with E-state index in [9.17, 15) is 4.79 Å². The Morgan fingerprint density at radius 2 is 2.30 bits per heavy atom. The van der Waals surface area contributed by atoms with Gasteiger partial charge in [-0.15, -0.1) is 5.10 Å². The van der Waals surface area contributed by atoms with E-state index in [1.807, 2.05) is 24.0 Å². The molecule has 124 valence electrons. The molecule has 1 aromatic heterocycles. The van der Waals surface area contributed by atoms with Crippen LogP contribution in [-0.4, -0.2) is 52.3 Å². The Kier molecular flexibility index (Phi) is 3.71. The van der Waals surface area contributed by atoms with E-state index in [0.29, 0.717) is 18.4 Å². The van der Waals surface area contributed by atoms with E-state index in [4.69, 9.17) is 4.74 Å². The molecule has 6 nitrogen and oxygen atoms in total. The van der Waals surface area contributed by atoms with Gasteiger partial charge in [-0.1, -0.05) is 0 Å². The number of carbonyl (C=O) groups is 1. The van der Waals surface area contributed by atoms with Crippen LogP contribution >= 0.6 is 0 Å². The van der Waals surface area contributed by atoms with Crippen molar-refractivity contribution in [1.29, 1.82) is 0 Å². The molecule has 4 rings (SSSR count). The third-order valence-electron chi connectivity index (χ3n) is 5.19. The molecule has 2 atom stereocenters. The van der Waals surface area contributed by atoms with Crippen LogP contribution in [0.25, 0.3) is 0 Å². The summed E-state index contributed by atoms with van der Waals surface area (Å²) in [6.07, 6.45) is 5.06. The van der Waals surface area contributed by atoms with Crippen molar-refractivity contribution in [3.8, 4) is 0 Å². The summed E-state index contributed by atoms with van der Waals surface area (Å²) >= 11 is 0. The molecular formula is C17H24N4O2. The van der Waals surface area contributed by atoms with Gasteiger partial charge in [0, 0.05) is 25.9 Å². The number of anilines is 1. The number of aryl methyl sites for hydroxylation is 1. The molecule has 6 heteroatoms. The number of carbonyl (C=O) groups excluding carboxylic acids is 1. The minimum Gasteiger partial charge on any atom is -0.371 e. The first-order chi connectivity index (χ1) is 11.1. The molecule has 0 radical (unpaired) electrons. The average molecular weight is 316 g/mol. The molecule has 2 aliphatic heterocycles. The monoisotopic (exact) mass is 316 g/mol. The Balaban J connectivity index is 1.32. The van der Waals surface area contributed by atoms with Crippen LogP contribution < -0.4 is 5.32 Å². The van der Waals surface area contributed by atoms with Crippen LogP contribution in [0, 0.1) is 12.8 Å². The Bertz CT molecular complexity index is 587. The summed E-state index contributed by atoms with van der Waals surface area (Å²) in [6.45, 7) is 4.18. The summed E-state index contributed by atoms with van der Waals surface area (Å²) in [5.41, 5.74) is 0.755. The molecule has 1 saturated carbocycles. The van der Waals surface area contributed by atoms with Crippen molar-refractivity contribution >= 4 is 11.7 Å². The van der Waals surface area contributed by atoms with Crippen LogP contribution in [0.2, 0.25) is 0 Å².